The second-order valence-electron chi connectivity index (χ2n) is 4.78. The molecule has 2 heteroatoms. The van der Waals surface area contributed by atoms with Crippen LogP contribution in [0, 0.1) is 17.7 Å². The molecule has 0 heterocycles. The van der Waals surface area contributed by atoms with Crippen LogP contribution in [0.3, 0.4) is 0 Å². The lowest BCUT2D eigenvalue weighted by atomic mass is 9.94. The summed E-state index contributed by atoms with van der Waals surface area (Å²) in [5, 5.41) is 10.3. The molecule has 0 saturated carbocycles. The summed E-state index contributed by atoms with van der Waals surface area (Å²) in [6, 6.07) is 6.21. The van der Waals surface area contributed by atoms with Crippen LogP contribution >= 0.6 is 0 Å². The maximum Gasteiger partial charge on any atom is 0.151 e. The molecule has 1 aliphatic carbocycles. The van der Waals surface area contributed by atoms with E-state index in [1.807, 2.05) is 0 Å². The normalized spacial score (nSPS) is 18.3. The molecule has 94 valence electrons. The van der Waals surface area contributed by atoms with E-state index in [4.69, 9.17) is 0 Å². The van der Waals surface area contributed by atoms with Gasteiger partial charge in [0.15, 0.2) is 5.60 Å². The van der Waals surface area contributed by atoms with E-state index in [0.29, 0.717) is 0 Å². The Labute approximate surface area is 107 Å². The molecule has 1 N–H and O–H groups in total. The fourth-order valence-corrected chi connectivity index (χ4v) is 2.08. The van der Waals surface area contributed by atoms with Crippen molar-refractivity contribution in [2.24, 2.45) is 0 Å². The number of hydrogen-bond acceptors (Lipinski definition) is 1. The first-order valence-electron chi connectivity index (χ1n) is 6.29. The Hall–Kier alpha value is -1.59. The summed E-state index contributed by atoms with van der Waals surface area (Å²) in [7, 11) is 0. The highest BCUT2D eigenvalue weighted by Crippen LogP contribution is 2.23. The van der Waals surface area contributed by atoms with E-state index in [1.165, 1.54) is 19.4 Å². The molecule has 0 radical (unpaired) electrons. The van der Waals surface area contributed by atoms with E-state index in [9.17, 15) is 9.50 Å². The SMILES string of the molecule is CC(O)(C#CC1=CCCCC1)c1ccccc1F. The molecule has 0 saturated heterocycles. The molecule has 0 bridgehead atoms. The third-order valence-corrected chi connectivity index (χ3v) is 3.16. The van der Waals surface area contributed by atoms with Crippen molar-refractivity contribution in [2.45, 2.75) is 38.2 Å². The highest BCUT2D eigenvalue weighted by molar-refractivity contribution is 5.37. The summed E-state index contributed by atoms with van der Waals surface area (Å²) < 4.78 is 13.6. The van der Waals surface area contributed by atoms with Crippen molar-refractivity contribution < 1.29 is 9.50 Å². The molecule has 0 aromatic heterocycles. The van der Waals surface area contributed by atoms with Crippen LogP contribution in [0.1, 0.15) is 38.2 Å². The molecule has 18 heavy (non-hydrogen) atoms. The van der Waals surface area contributed by atoms with E-state index >= 15 is 0 Å². The molecule has 1 unspecified atom stereocenters. The maximum absolute atomic E-state index is 13.6. The molecule has 1 atom stereocenters. The van der Waals surface area contributed by atoms with Crippen LogP contribution in [-0.4, -0.2) is 5.11 Å². The first-order chi connectivity index (χ1) is 8.59. The molecular formula is C16H17FO. The van der Waals surface area contributed by atoms with Gasteiger partial charge in [-0.25, -0.2) is 4.39 Å². The summed E-state index contributed by atoms with van der Waals surface area (Å²) in [6.07, 6.45) is 6.46. The van der Waals surface area contributed by atoms with Crippen LogP contribution in [0.2, 0.25) is 0 Å². The van der Waals surface area contributed by atoms with Gasteiger partial charge in [0.1, 0.15) is 5.82 Å². The Morgan fingerprint density at radius 3 is 2.72 bits per heavy atom. The van der Waals surface area contributed by atoms with Gasteiger partial charge in [-0.3, -0.25) is 0 Å². The molecule has 0 spiro atoms. The van der Waals surface area contributed by atoms with Gasteiger partial charge in [0.25, 0.3) is 0 Å². The smallest absolute Gasteiger partial charge is 0.151 e. The van der Waals surface area contributed by atoms with Gasteiger partial charge in [-0.05, 0) is 44.2 Å². The quantitative estimate of drug-likeness (QED) is 0.749. The minimum absolute atomic E-state index is 0.230. The van der Waals surface area contributed by atoms with Gasteiger partial charge in [-0.1, -0.05) is 36.1 Å². The van der Waals surface area contributed by atoms with Gasteiger partial charge in [0.05, 0.1) is 0 Å². The molecule has 0 fully saturated rings. The zero-order chi connectivity index (χ0) is 13.0. The van der Waals surface area contributed by atoms with E-state index < -0.39 is 11.4 Å². The lowest BCUT2D eigenvalue weighted by molar-refractivity contribution is 0.117. The second-order valence-corrected chi connectivity index (χ2v) is 4.78. The van der Waals surface area contributed by atoms with Crippen LogP contribution in [0.25, 0.3) is 0 Å². The van der Waals surface area contributed by atoms with Crippen molar-refractivity contribution in [1.82, 2.24) is 0 Å². The number of allylic oxidation sites excluding steroid dienone is 2. The van der Waals surface area contributed by atoms with Crippen LogP contribution in [0.15, 0.2) is 35.9 Å². The van der Waals surface area contributed by atoms with Crippen molar-refractivity contribution in [1.29, 1.82) is 0 Å². The number of halogens is 1. The van der Waals surface area contributed by atoms with Gasteiger partial charge < -0.3 is 5.11 Å². The van der Waals surface area contributed by atoms with Crippen LogP contribution < -0.4 is 0 Å². The van der Waals surface area contributed by atoms with Gasteiger partial charge in [0.2, 0.25) is 0 Å². The van der Waals surface area contributed by atoms with Crippen molar-refractivity contribution in [3.05, 3.63) is 47.3 Å². The summed E-state index contributed by atoms with van der Waals surface area (Å²) in [5.74, 6) is 5.34. The van der Waals surface area contributed by atoms with E-state index in [2.05, 4.69) is 17.9 Å². The third kappa shape index (κ3) is 3.00. The second kappa shape index (κ2) is 5.37. The van der Waals surface area contributed by atoms with Crippen molar-refractivity contribution in [2.75, 3.05) is 0 Å². The lowest BCUT2D eigenvalue weighted by Crippen LogP contribution is -2.20. The molecule has 1 aromatic carbocycles. The molecule has 2 rings (SSSR count). The molecule has 0 aliphatic heterocycles. The highest BCUT2D eigenvalue weighted by Gasteiger charge is 2.23. The molecule has 0 amide bonds. The van der Waals surface area contributed by atoms with Crippen molar-refractivity contribution in [3.63, 3.8) is 0 Å². The van der Waals surface area contributed by atoms with Crippen molar-refractivity contribution in [3.8, 4) is 11.8 Å². The van der Waals surface area contributed by atoms with E-state index in [0.717, 1.165) is 24.8 Å². The Morgan fingerprint density at radius 2 is 2.06 bits per heavy atom. The first kappa shape index (κ1) is 12.9. The maximum atomic E-state index is 13.6. The van der Waals surface area contributed by atoms with Crippen LogP contribution in [0.4, 0.5) is 4.39 Å². The zero-order valence-corrected chi connectivity index (χ0v) is 10.5. The largest absolute Gasteiger partial charge is 0.374 e. The van der Waals surface area contributed by atoms with Crippen LogP contribution in [0.5, 0.6) is 0 Å². The van der Waals surface area contributed by atoms with Gasteiger partial charge in [-0.2, -0.15) is 0 Å². The predicted octanol–water partition coefficient (Wildman–Crippen LogP) is 3.54. The molecular weight excluding hydrogens is 227 g/mol. The number of benzene rings is 1. The zero-order valence-electron chi connectivity index (χ0n) is 10.5. The fourth-order valence-electron chi connectivity index (χ4n) is 2.08. The van der Waals surface area contributed by atoms with Gasteiger partial charge in [0, 0.05) is 5.56 Å². The predicted molar refractivity (Wildman–Crippen MR) is 70.3 cm³/mol. The topological polar surface area (TPSA) is 20.2 Å². The minimum atomic E-state index is -1.44. The third-order valence-electron chi connectivity index (χ3n) is 3.16. The van der Waals surface area contributed by atoms with E-state index in [-0.39, 0.29) is 5.56 Å². The Morgan fingerprint density at radius 1 is 1.28 bits per heavy atom. The lowest BCUT2D eigenvalue weighted by Gasteiger charge is -2.17. The summed E-state index contributed by atoms with van der Waals surface area (Å²) >= 11 is 0. The Bertz CT molecular complexity index is 517. The summed E-state index contributed by atoms with van der Waals surface area (Å²) in [4.78, 5) is 0. The molecule has 1 nitrogen and oxygen atoms in total. The number of aliphatic hydroxyl groups is 1. The fraction of sp³-hybridized carbons (Fsp3) is 0.375. The molecule has 1 aliphatic rings. The standard InChI is InChI=1S/C16H17FO/c1-16(18,14-9-5-6-10-15(14)17)12-11-13-7-3-2-4-8-13/h5-7,9-10,18H,2-4,8H2,1H3. The van der Waals surface area contributed by atoms with Gasteiger partial charge >= 0.3 is 0 Å². The summed E-state index contributed by atoms with van der Waals surface area (Å²) in [6.45, 7) is 1.53. The monoisotopic (exact) mass is 244 g/mol. The van der Waals surface area contributed by atoms with Gasteiger partial charge in [-0.15, -0.1) is 0 Å². The average molecular weight is 244 g/mol. The summed E-state index contributed by atoms with van der Waals surface area (Å²) in [5.41, 5.74) is -0.157. The number of rotatable bonds is 1. The van der Waals surface area contributed by atoms with Crippen molar-refractivity contribution >= 4 is 0 Å². The Balaban J connectivity index is 2.24. The molecule has 1 aromatic rings. The highest BCUT2D eigenvalue weighted by atomic mass is 19.1. The van der Waals surface area contributed by atoms with Crippen LogP contribution in [-0.2, 0) is 5.60 Å². The Kier molecular flexibility index (Phi) is 3.84. The first-order valence-corrected chi connectivity index (χ1v) is 6.29. The number of hydrogen-bond donors (Lipinski definition) is 1. The average Bonchev–Trinajstić information content (AvgIpc) is 2.38. The minimum Gasteiger partial charge on any atom is -0.374 e. The van der Waals surface area contributed by atoms with E-state index in [1.54, 1.807) is 18.2 Å².